The molecular weight excluding hydrogens is 302 g/mol. The Morgan fingerprint density at radius 2 is 1.67 bits per heavy atom. The first kappa shape index (κ1) is 15.7. The summed E-state index contributed by atoms with van der Waals surface area (Å²) in [6.07, 6.45) is 0. The van der Waals surface area contributed by atoms with Crippen LogP contribution < -0.4 is 10.9 Å². The molecule has 0 bridgehead atoms. The molecule has 3 aromatic rings. The van der Waals surface area contributed by atoms with E-state index in [1.807, 2.05) is 48.5 Å². The molecule has 24 heavy (non-hydrogen) atoms. The number of nitrogens with zero attached hydrogens (tertiary/aromatic N) is 2. The van der Waals surface area contributed by atoms with Crippen LogP contribution in [0.15, 0.2) is 71.5 Å². The molecule has 0 radical (unpaired) electrons. The number of rotatable bonds is 4. The number of amides is 1. The summed E-state index contributed by atoms with van der Waals surface area (Å²) in [5.74, 6) is 0.241. The van der Waals surface area contributed by atoms with Gasteiger partial charge in [-0.2, -0.15) is 0 Å². The van der Waals surface area contributed by atoms with Crippen molar-refractivity contribution in [3.63, 3.8) is 0 Å². The molecule has 0 saturated heterocycles. The van der Waals surface area contributed by atoms with E-state index in [0.29, 0.717) is 17.2 Å². The average Bonchev–Trinajstić information content (AvgIpc) is 2.59. The van der Waals surface area contributed by atoms with Gasteiger partial charge >= 0.3 is 0 Å². The van der Waals surface area contributed by atoms with E-state index in [0.717, 1.165) is 5.56 Å². The summed E-state index contributed by atoms with van der Waals surface area (Å²) in [6.45, 7) is 1.66. The van der Waals surface area contributed by atoms with Gasteiger partial charge in [-0.3, -0.25) is 14.2 Å². The van der Waals surface area contributed by atoms with Crippen molar-refractivity contribution >= 4 is 11.6 Å². The van der Waals surface area contributed by atoms with E-state index in [1.54, 1.807) is 19.1 Å². The predicted molar refractivity (Wildman–Crippen MR) is 93.7 cm³/mol. The maximum Gasteiger partial charge on any atom is 0.254 e. The van der Waals surface area contributed by atoms with Crippen LogP contribution in [0.25, 0.3) is 11.3 Å². The number of hydrogen-bond donors (Lipinski definition) is 1. The number of benzene rings is 2. The first-order valence-electron chi connectivity index (χ1n) is 7.62. The third kappa shape index (κ3) is 3.57. The number of anilines is 1. The van der Waals surface area contributed by atoms with Crippen LogP contribution in [-0.4, -0.2) is 15.5 Å². The van der Waals surface area contributed by atoms with Gasteiger partial charge in [0.05, 0.1) is 5.69 Å². The largest absolute Gasteiger partial charge is 0.325 e. The summed E-state index contributed by atoms with van der Waals surface area (Å²) < 4.78 is 1.37. The number of carbonyl (C=O) groups is 1. The molecule has 5 nitrogen and oxygen atoms in total. The minimum Gasteiger partial charge on any atom is -0.325 e. The van der Waals surface area contributed by atoms with Crippen LogP contribution in [0.1, 0.15) is 5.82 Å². The zero-order valence-electron chi connectivity index (χ0n) is 13.3. The van der Waals surface area contributed by atoms with Gasteiger partial charge in [0.1, 0.15) is 12.4 Å². The molecule has 3 rings (SSSR count). The Morgan fingerprint density at radius 1 is 1.04 bits per heavy atom. The molecule has 0 spiro atoms. The van der Waals surface area contributed by atoms with Gasteiger partial charge in [-0.15, -0.1) is 0 Å². The van der Waals surface area contributed by atoms with Gasteiger partial charge in [0.2, 0.25) is 5.91 Å². The van der Waals surface area contributed by atoms with Crippen molar-refractivity contribution in [2.75, 3.05) is 5.32 Å². The van der Waals surface area contributed by atoms with Crippen LogP contribution in [0.2, 0.25) is 0 Å². The molecule has 0 aliphatic heterocycles. The lowest BCUT2D eigenvalue weighted by Gasteiger charge is -2.11. The Hall–Kier alpha value is -3.21. The van der Waals surface area contributed by atoms with E-state index >= 15 is 0 Å². The number of hydrogen-bond acceptors (Lipinski definition) is 3. The quantitative estimate of drug-likeness (QED) is 0.804. The standard InChI is InChI=1S/C19H17N3O2/c1-14-20-17(15-8-4-2-5-9-15)12-19(24)22(14)13-18(23)21-16-10-6-3-7-11-16/h2-12H,13H2,1H3,(H,21,23). The SMILES string of the molecule is Cc1nc(-c2ccccc2)cc(=O)n1CC(=O)Nc1ccccc1. The van der Waals surface area contributed by atoms with Crippen molar-refractivity contribution < 1.29 is 4.79 Å². The van der Waals surface area contributed by atoms with Crippen molar-refractivity contribution in [3.05, 3.63) is 82.9 Å². The molecule has 1 amide bonds. The Morgan fingerprint density at radius 3 is 2.29 bits per heavy atom. The maximum atomic E-state index is 12.4. The van der Waals surface area contributed by atoms with E-state index in [9.17, 15) is 9.59 Å². The average molecular weight is 319 g/mol. The second-order valence-corrected chi connectivity index (χ2v) is 5.39. The van der Waals surface area contributed by atoms with E-state index in [-0.39, 0.29) is 18.0 Å². The third-order valence-corrected chi connectivity index (χ3v) is 3.63. The molecule has 1 heterocycles. The summed E-state index contributed by atoms with van der Waals surface area (Å²) in [6, 6.07) is 20.1. The highest BCUT2D eigenvalue weighted by Gasteiger charge is 2.10. The minimum absolute atomic E-state index is 0.0678. The molecule has 1 aromatic heterocycles. The number of aryl methyl sites for hydroxylation is 1. The molecule has 2 aromatic carbocycles. The molecular formula is C19H17N3O2. The second kappa shape index (κ2) is 6.91. The van der Waals surface area contributed by atoms with Crippen molar-refractivity contribution in [2.45, 2.75) is 13.5 Å². The molecule has 0 atom stereocenters. The molecule has 1 N–H and O–H groups in total. The summed E-state index contributed by atoms with van der Waals surface area (Å²) in [5.41, 5.74) is 1.93. The van der Waals surface area contributed by atoms with Crippen molar-refractivity contribution in [3.8, 4) is 11.3 Å². The van der Waals surface area contributed by atoms with Crippen molar-refractivity contribution in [1.82, 2.24) is 9.55 Å². The van der Waals surface area contributed by atoms with E-state index in [1.165, 1.54) is 10.6 Å². The Balaban J connectivity index is 1.82. The van der Waals surface area contributed by atoms with Gasteiger partial charge in [-0.05, 0) is 19.1 Å². The Kier molecular flexibility index (Phi) is 4.52. The fourth-order valence-corrected chi connectivity index (χ4v) is 2.44. The summed E-state index contributed by atoms with van der Waals surface area (Å²) in [7, 11) is 0. The fraction of sp³-hybridized carbons (Fsp3) is 0.105. The zero-order chi connectivity index (χ0) is 16.9. The van der Waals surface area contributed by atoms with Crippen molar-refractivity contribution in [2.24, 2.45) is 0 Å². The fourth-order valence-electron chi connectivity index (χ4n) is 2.44. The lowest BCUT2D eigenvalue weighted by molar-refractivity contribution is -0.116. The molecule has 5 heteroatoms. The van der Waals surface area contributed by atoms with Gasteiger partial charge in [0, 0.05) is 17.3 Å². The predicted octanol–water partition coefficient (Wildman–Crippen LogP) is 2.86. The van der Waals surface area contributed by atoms with Crippen LogP contribution in [0.4, 0.5) is 5.69 Å². The Labute approximate surface area is 139 Å². The highest BCUT2D eigenvalue weighted by molar-refractivity contribution is 5.90. The molecule has 0 aliphatic carbocycles. The van der Waals surface area contributed by atoms with Gasteiger partial charge in [0.15, 0.2) is 0 Å². The lowest BCUT2D eigenvalue weighted by Crippen LogP contribution is -2.29. The lowest BCUT2D eigenvalue weighted by atomic mass is 10.1. The van der Waals surface area contributed by atoms with Crippen LogP contribution in [0, 0.1) is 6.92 Å². The molecule has 0 fully saturated rings. The maximum absolute atomic E-state index is 12.4. The highest BCUT2D eigenvalue weighted by atomic mass is 16.2. The van der Waals surface area contributed by atoms with Crippen molar-refractivity contribution in [1.29, 1.82) is 0 Å². The third-order valence-electron chi connectivity index (χ3n) is 3.63. The number of nitrogens with one attached hydrogen (secondary N) is 1. The van der Waals surface area contributed by atoms with Crippen LogP contribution in [-0.2, 0) is 11.3 Å². The molecule has 0 unspecified atom stereocenters. The first-order valence-corrected chi connectivity index (χ1v) is 7.62. The second-order valence-electron chi connectivity index (χ2n) is 5.39. The van der Waals surface area contributed by atoms with Crippen LogP contribution >= 0.6 is 0 Å². The number of carbonyl (C=O) groups excluding carboxylic acids is 1. The normalized spacial score (nSPS) is 10.4. The monoisotopic (exact) mass is 319 g/mol. The topological polar surface area (TPSA) is 64.0 Å². The molecule has 120 valence electrons. The smallest absolute Gasteiger partial charge is 0.254 e. The number of para-hydroxylation sites is 1. The Bertz CT molecular complexity index is 903. The van der Waals surface area contributed by atoms with Crippen LogP contribution in [0.3, 0.4) is 0 Å². The molecule has 0 saturated carbocycles. The van der Waals surface area contributed by atoms with Gasteiger partial charge in [-0.25, -0.2) is 4.98 Å². The van der Waals surface area contributed by atoms with Gasteiger partial charge < -0.3 is 5.32 Å². The van der Waals surface area contributed by atoms with Gasteiger partial charge in [0.25, 0.3) is 5.56 Å². The van der Waals surface area contributed by atoms with E-state index in [2.05, 4.69) is 10.3 Å². The summed E-state index contributed by atoms with van der Waals surface area (Å²) in [4.78, 5) is 29.0. The minimum atomic E-state index is -0.263. The van der Waals surface area contributed by atoms with E-state index < -0.39 is 0 Å². The highest BCUT2D eigenvalue weighted by Crippen LogP contribution is 2.14. The number of aromatic nitrogens is 2. The zero-order valence-corrected chi connectivity index (χ0v) is 13.3. The molecule has 0 aliphatic rings. The first-order chi connectivity index (χ1) is 11.6. The van der Waals surface area contributed by atoms with Crippen LogP contribution in [0.5, 0.6) is 0 Å². The summed E-state index contributed by atoms with van der Waals surface area (Å²) in [5, 5.41) is 2.76. The van der Waals surface area contributed by atoms with Gasteiger partial charge in [-0.1, -0.05) is 48.5 Å². The summed E-state index contributed by atoms with van der Waals surface area (Å²) >= 11 is 0. The van der Waals surface area contributed by atoms with E-state index in [4.69, 9.17) is 0 Å².